The number of carbonyl (C=O) groups is 2. The van der Waals surface area contributed by atoms with Crippen LogP contribution in [0, 0.1) is 0 Å². The van der Waals surface area contributed by atoms with Crippen LogP contribution in [-0.2, 0) is 9.59 Å². The van der Waals surface area contributed by atoms with E-state index in [1.807, 2.05) is 43.3 Å². The highest BCUT2D eigenvalue weighted by Gasteiger charge is 2.41. The van der Waals surface area contributed by atoms with E-state index < -0.39 is 6.04 Å². The molecule has 2 aromatic carbocycles. The van der Waals surface area contributed by atoms with Gasteiger partial charge in [-0.3, -0.25) is 9.59 Å². The molecule has 0 bridgehead atoms. The minimum Gasteiger partial charge on any atom is -0.497 e. The molecular weight excluding hydrogens is 356 g/mol. The van der Waals surface area contributed by atoms with Crippen LogP contribution in [0.5, 0.6) is 11.5 Å². The highest BCUT2D eigenvalue weighted by atomic mass is 16.5. The van der Waals surface area contributed by atoms with E-state index in [2.05, 4.69) is 5.32 Å². The Labute approximate surface area is 163 Å². The van der Waals surface area contributed by atoms with Gasteiger partial charge in [0.05, 0.1) is 7.11 Å². The van der Waals surface area contributed by atoms with E-state index in [4.69, 9.17) is 9.47 Å². The molecule has 6 heteroatoms. The van der Waals surface area contributed by atoms with Crippen LogP contribution in [0.1, 0.15) is 18.9 Å². The van der Waals surface area contributed by atoms with Crippen LogP contribution in [0.15, 0.2) is 54.1 Å². The van der Waals surface area contributed by atoms with Gasteiger partial charge in [-0.2, -0.15) is 0 Å². The van der Waals surface area contributed by atoms with E-state index in [9.17, 15) is 9.59 Å². The Morgan fingerprint density at radius 1 is 1.25 bits per heavy atom. The quantitative estimate of drug-likeness (QED) is 0.812. The largest absolute Gasteiger partial charge is 0.497 e. The lowest BCUT2D eigenvalue weighted by molar-refractivity contribution is -0.146. The summed E-state index contributed by atoms with van der Waals surface area (Å²) in [7, 11) is 1.58. The molecule has 0 saturated carbocycles. The zero-order valence-corrected chi connectivity index (χ0v) is 15.8. The van der Waals surface area contributed by atoms with Gasteiger partial charge in [-0.25, -0.2) is 0 Å². The van der Waals surface area contributed by atoms with Gasteiger partial charge >= 0.3 is 0 Å². The first-order valence-corrected chi connectivity index (χ1v) is 9.28. The Balaban J connectivity index is 1.67. The van der Waals surface area contributed by atoms with E-state index in [1.54, 1.807) is 30.2 Å². The third-order valence-electron chi connectivity index (χ3n) is 5.11. The maximum absolute atomic E-state index is 13.2. The lowest BCUT2D eigenvalue weighted by atomic mass is 9.92. The molecule has 0 spiro atoms. The Morgan fingerprint density at radius 2 is 2.07 bits per heavy atom. The predicted octanol–water partition coefficient (Wildman–Crippen LogP) is 3.10. The van der Waals surface area contributed by atoms with Crippen LogP contribution in [0.4, 0.5) is 5.69 Å². The number of amides is 2. The molecule has 2 aliphatic rings. The summed E-state index contributed by atoms with van der Waals surface area (Å²) < 4.78 is 11.2. The Hall–Kier alpha value is -3.28. The van der Waals surface area contributed by atoms with Crippen LogP contribution in [0.2, 0.25) is 0 Å². The lowest BCUT2D eigenvalue weighted by Gasteiger charge is -2.40. The monoisotopic (exact) mass is 378 g/mol. The van der Waals surface area contributed by atoms with Gasteiger partial charge in [-0.1, -0.05) is 24.3 Å². The maximum Gasteiger partial charge on any atom is 0.251 e. The topological polar surface area (TPSA) is 67.9 Å². The molecule has 28 heavy (non-hydrogen) atoms. The van der Waals surface area contributed by atoms with Crippen molar-refractivity contribution in [3.05, 3.63) is 59.7 Å². The molecule has 0 unspecified atom stereocenters. The van der Waals surface area contributed by atoms with Crippen molar-refractivity contribution in [3.8, 4) is 11.5 Å². The van der Waals surface area contributed by atoms with Crippen molar-refractivity contribution in [2.75, 3.05) is 19.0 Å². The second-order valence-electron chi connectivity index (χ2n) is 6.90. The SMILES string of the molecule is COc1cccc(NC(=O)[C@@H](C2=Cc3ccccc3O[C@H]2C)N2CCC2=O)c1. The molecule has 2 heterocycles. The summed E-state index contributed by atoms with van der Waals surface area (Å²) in [5, 5.41) is 2.92. The first-order chi connectivity index (χ1) is 13.6. The average Bonchev–Trinajstić information content (AvgIpc) is 2.70. The number of methoxy groups -OCH3 is 1. The molecule has 2 atom stereocenters. The van der Waals surface area contributed by atoms with Gasteiger partial charge < -0.3 is 19.7 Å². The van der Waals surface area contributed by atoms with Crippen molar-refractivity contribution < 1.29 is 19.1 Å². The number of ether oxygens (including phenoxy) is 2. The second kappa shape index (κ2) is 7.38. The zero-order chi connectivity index (χ0) is 19.7. The fraction of sp³-hybridized carbons (Fsp3) is 0.273. The Bertz CT molecular complexity index is 953. The van der Waals surface area contributed by atoms with Crippen LogP contribution in [0.25, 0.3) is 6.08 Å². The molecule has 144 valence electrons. The molecule has 2 aliphatic heterocycles. The van der Waals surface area contributed by atoms with Gasteiger partial charge in [-0.05, 0) is 31.2 Å². The minimum absolute atomic E-state index is 0.0299. The highest BCUT2D eigenvalue weighted by Crippen LogP contribution is 2.34. The van der Waals surface area contributed by atoms with Crippen LogP contribution < -0.4 is 14.8 Å². The number of benzene rings is 2. The summed E-state index contributed by atoms with van der Waals surface area (Å²) in [4.78, 5) is 27.0. The molecule has 6 nitrogen and oxygen atoms in total. The normalized spacial score (nSPS) is 18.9. The van der Waals surface area contributed by atoms with E-state index in [0.29, 0.717) is 24.4 Å². The van der Waals surface area contributed by atoms with Crippen LogP contribution in [-0.4, -0.2) is 42.5 Å². The number of anilines is 1. The number of fused-ring (bicyclic) bond motifs is 1. The standard InChI is InChI=1S/C22H22N2O4/c1-14-18(12-15-6-3-4-9-19(15)28-14)21(24-11-10-20(24)25)22(26)23-16-7-5-8-17(13-16)27-2/h3-9,12-14,21H,10-11H2,1-2H3,(H,23,26)/t14-,21+/m0/s1. The van der Waals surface area contributed by atoms with Crippen molar-refractivity contribution in [3.63, 3.8) is 0 Å². The summed E-state index contributed by atoms with van der Waals surface area (Å²) in [6.45, 7) is 2.46. The molecule has 4 rings (SSSR count). The fourth-order valence-corrected chi connectivity index (χ4v) is 3.55. The summed E-state index contributed by atoms with van der Waals surface area (Å²) in [5.74, 6) is 1.14. The minimum atomic E-state index is -0.712. The molecule has 1 saturated heterocycles. The third kappa shape index (κ3) is 3.33. The summed E-state index contributed by atoms with van der Waals surface area (Å²) >= 11 is 0. The molecular formula is C22H22N2O4. The number of β-lactam (4-membered cyclic amide) rings is 1. The number of carbonyl (C=O) groups excluding carboxylic acids is 2. The van der Waals surface area contributed by atoms with Gasteiger partial charge in [0.15, 0.2) is 0 Å². The van der Waals surface area contributed by atoms with Gasteiger partial charge in [0.1, 0.15) is 23.6 Å². The van der Waals surface area contributed by atoms with E-state index in [0.717, 1.165) is 16.9 Å². The maximum atomic E-state index is 13.2. The van der Waals surface area contributed by atoms with Crippen LogP contribution >= 0.6 is 0 Å². The van der Waals surface area contributed by atoms with E-state index in [1.165, 1.54) is 0 Å². The van der Waals surface area contributed by atoms with E-state index >= 15 is 0 Å². The third-order valence-corrected chi connectivity index (χ3v) is 5.11. The summed E-state index contributed by atoms with van der Waals surface area (Å²) in [5.41, 5.74) is 2.29. The predicted molar refractivity (Wildman–Crippen MR) is 106 cm³/mol. The summed E-state index contributed by atoms with van der Waals surface area (Å²) in [6.07, 6.45) is 2.11. The van der Waals surface area contributed by atoms with Crippen molar-refractivity contribution >= 4 is 23.6 Å². The highest BCUT2D eigenvalue weighted by molar-refractivity contribution is 6.01. The lowest BCUT2D eigenvalue weighted by Crippen LogP contribution is -2.57. The smallest absolute Gasteiger partial charge is 0.251 e. The molecule has 1 N–H and O–H groups in total. The molecule has 0 aromatic heterocycles. The van der Waals surface area contributed by atoms with Crippen molar-refractivity contribution in [1.82, 2.24) is 4.90 Å². The van der Waals surface area contributed by atoms with Gasteiger partial charge in [0.25, 0.3) is 5.91 Å². The zero-order valence-electron chi connectivity index (χ0n) is 15.8. The first kappa shape index (κ1) is 18.1. The molecule has 2 aromatic rings. The average molecular weight is 378 g/mol. The number of para-hydroxylation sites is 1. The number of nitrogens with zero attached hydrogens (tertiary/aromatic N) is 1. The summed E-state index contributed by atoms with van der Waals surface area (Å²) in [6, 6.07) is 14.1. The van der Waals surface area contributed by atoms with Gasteiger partial charge in [-0.15, -0.1) is 0 Å². The first-order valence-electron chi connectivity index (χ1n) is 9.28. The number of nitrogens with one attached hydrogen (secondary N) is 1. The van der Waals surface area contributed by atoms with E-state index in [-0.39, 0.29) is 17.9 Å². The number of likely N-dealkylation sites (tertiary alicyclic amines) is 1. The van der Waals surface area contributed by atoms with Gasteiger partial charge in [0.2, 0.25) is 5.91 Å². The van der Waals surface area contributed by atoms with Crippen LogP contribution in [0.3, 0.4) is 0 Å². The number of rotatable bonds is 5. The molecule has 0 radical (unpaired) electrons. The van der Waals surface area contributed by atoms with Crippen molar-refractivity contribution in [1.29, 1.82) is 0 Å². The number of hydrogen-bond acceptors (Lipinski definition) is 4. The molecule has 2 amide bonds. The molecule has 1 fully saturated rings. The Morgan fingerprint density at radius 3 is 2.79 bits per heavy atom. The number of hydrogen-bond donors (Lipinski definition) is 1. The van der Waals surface area contributed by atoms with Crippen molar-refractivity contribution in [2.45, 2.75) is 25.5 Å². The Kier molecular flexibility index (Phi) is 4.77. The van der Waals surface area contributed by atoms with Crippen molar-refractivity contribution in [2.24, 2.45) is 0 Å². The second-order valence-corrected chi connectivity index (χ2v) is 6.90. The fourth-order valence-electron chi connectivity index (χ4n) is 3.55. The van der Waals surface area contributed by atoms with Gasteiger partial charge in [0, 0.05) is 35.9 Å². The molecule has 0 aliphatic carbocycles.